The number of aromatic hydroxyl groups is 2. The summed E-state index contributed by atoms with van der Waals surface area (Å²) >= 11 is 0. The Bertz CT molecular complexity index is 924. The van der Waals surface area contributed by atoms with Gasteiger partial charge in [-0.2, -0.15) is 0 Å². The molecule has 0 unspecified atom stereocenters. The molecule has 2 N–H and O–H groups in total. The van der Waals surface area contributed by atoms with Crippen LogP contribution in [0.1, 0.15) is 30.4 Å². The van der Waals surface area contributed by atoms with Gasteiger partial charge in [-0.05, 0) is 55.2 Å². The summed E-state index contributed by atoms with van der Waals surface area (Å²) < 4.78 is 10.2. The molecule has 5 nitrogen and oxygen atoms in total. The van der Waals surface area contributed by atoms with Crippen molar-refractivity contribution < 1.29 is 24.5 Å². The summed E-state index contributed by atoms with van der Waals surface area (Å²) in [5, 5.41) is 20.0. The van der Waals surface area contributed by atoms with Crippen LogP contribution in [0.3, 0.4) is 0 Å². The molecule has 2 aromatic carbocycles. The van der Waals surface area contributed by atoms with E-state index in [1.54, 1.807) is 42.5 Å². The van der Waals surface area contributed by atoms with E-state index in [9.17, 15) is 15.0 Å². The second-order valence-electron chi connectivity index (χ2n) is 6.35. The first-order chi connectivity index (χ1) is 13.0. The number of rotatable bonds is 4. The van der Waals surface area contributed by atoms with Crippen molar-refractivity contribution in [3.8, 4) is 23.0 Å². The molecular weight excluding hydrogens is 344 g/mol. The highest BCUT2D eigenvalue weighted by atomic mass is 16.5. The Morgan fingerprint density at radius 3 is 2.33 bits per heavy atom. The van der Waals surface area contributed by atoms with E-state index >= 15 is 0 Å². The molecule has 0 heterocycles. The van der Waals surface area contributed by atoms with Crippen LogP contribution >= 0.6 is 0 Å². The van der Waals surface area contributed by atoms with E-state index in [4.69, 9.17) is 9.47 Å². The first-order valence-corrected chi connectivity index (χ1v) is 8.72. The topological polar surface area (TPSA) is 76.0 Å². The van der Waals surface area contributed by atoms with Gasteiger partial charge in [0.15, 0.2) is 28.8 Å². The van der Waals surface area contributed by atoms with Crippen molar-refractivity contribution in [2.45, 2.75) is 19.3 Å². The number of ether oxygens (including phenoxy) is 2. The Balaban J connectivity index is 1.92. The molecule has 0 aromatic heterocycles. The molecule has 2 aromatic rings. The van der Waals surface area contributed by atoms with Crippen LogP contribution in [-0.2, 0) is 4.79 Å². The lowest BCUT2D eigenvalue weighted by atomic mass is 9.86. The third kappa shape index (κ3) is 3.97. The molecule has 3 rings (SSSR count). The van der Waals surface area contributed by atoms with Gasteiger partial charge in [-0.15, -0.1) is 0 Å². The lowest BCUT2D eigenvalue weighted by molar-refractivity contribution is -0.112. The van der Waals surface area contributed by atoms with E-state index in [-0.39, 0.29) is 17.3 Å². The third-order valence-electron chi connectivity index (χ3n) is 4.60. The number of hydrogen-bond donors (Lipinski definition) is 2. The van der Waals surface area contributed by atoms with Gasteiger partial charge in [0, 0.05) is 16.7 Å². The second-order valence-corrected chi connectivity index (χ2v) is 6.35. The molecule has 0 spiro atoms. The molecule has 140 valence electrons. The number of carbonyl (C=O) groups is 1. The van der Waals surface area contributed by atoms with E-state index in [2.05, 4.69) is 0 Å². The van der Waals surface area contributed by atoms with Crippen LogP contribution < -0.4 is 9.47 Å². The molecule has 0 aliphatic heterocycles. The average Bonchev–Trinajstić information content (AvgIpc) is 2.68. The number of benzene rings is 2. The Morgan fingerprint density at radius 2 is 1.63 bits per heavy atom. The van der Waals surface area contributed by atoms with Crippen molar-refractivity contribution >= 4 is 17.9 Å². The van der Waals surface area contributed by atoms with E-state index < -0.39 is 0 Å². The van der Waals surface area contributed by atoms with Crippen molar-refractivity contribution in [3.63, 3.8) is 0 Å². The van der Waals surface area contributed by atoms with E-state index in [0.29, 0.717) is 41.1 Å². The number of phenols is 2. The van der Waals surface area contributed by atoms with Crippen LogP contribution in [-0.4, -0.2) is 30.2 Å². The first-order valence-electron chi connectivity index (χ1n) is 8.72. The molecule has 1 fully saturated rings. The standard InChI is InChI=1S/C22H22O5/c1-26-19-8-4-7-17(22(19)25)13-16-6-3-5-15(21(16)24)11-14-9-10-18(23)20(12-14)27-2/h4,7-13,23,25H,3,5-6H2,1-2H3/b15-11+,16-13+. The predicted molar refractivity (Wildman–Crippen MR) is 104 cm³/mol. The fourth-order valence-corrected chi connectivity index (χ4v) is 3.17. The minimum atomic E-state index is -0.0319. The molecule has 0 radical (unpaired) electrons. The van der Waals surface area contributed by atoms with Gasteiger partial charge in [-0.1, -0.05) is 18.2 Å². The maximum atomic E-state index is 12.9. The zero-order chi connectivity index (χ0) is 19.4. The minimum Gasteiger partial charge on any atom is -0.504 e. The number of para-hydroxylation sites is 1. The van der Waals surface area contributed by atoms with Crippen LogP contribution in [0.15, 0.2) is 47.5 Å². The summed E-state index contributed by atoms with van der Waals surface area (Å²) in [6.07, 6.45) is 5.74. The number of allylic oxidation sites excluding steroid dienone is 2. The van der Waals surface area contributed by atoms with Crippen LogP contribution in [0.25, 0.3) is 12.2 Å². The molecular formula is C22H22O5. The monoisotopic (exact) mass is 366 g/mol. The Hall–Kier alpha value is -3.21. The Labute approximate surface area is 158 Å². The van der Waals surface area contributed by atoms with E-state index in [1.165, 1.54) is 14.2 Å². The maximum Gasteiger partial charge on any atom is 0.185 e. The summed E-state index contributed by atoms with van der Waals surface area (Å²) in [5.41, 5.74) is 2.70. The number of Topliss-reactive ketones (excluding diaryl/α,β-unsaturated/α-hetero) is 1. The number of methoxy groups -OCH3 is 2. The van der Waals surface area contributed by atoms with Gasteiger partial charge < -0.3 is 19.7 Å². The molecule has 1 aliphatic carbocycles. The first kappa shape index (κ1) is 18.6. The third-order valence-corrected chi connectivity index (χ3v) is 4.60. The fraction of sp³-hybridized carbons (Fsp3) is 0.227. The van der Waals surface area contributed by atoms with Crippen molar-refractivity contribution in [1.29, 1.82) is 0 Å². The number of hydrogen-bond acceptors (Lipinski definition) is 5. The average molecular weight is 366 g/mol. The van der Waals surface area contributed by atoms with Gasteiger partial charge >= 0.3 is 0 Å². The molecule has 1 aliphatic rings. The van der Waals surface area contributed by atoms with Crippen LogP contribution in [0.4, 0.5) is 0 Å². The van der Waals surface area contributed by atoms with Crippen LogP contribution in [0, 0.1) is 0 Å². The molecule has 27 heavy (non-hydrogen) atoms. The number of ketones is 1. The van der Waals surface area contributed by atoms with Gasteiger partial charge in [0.05, 0.1) is 14.2 Å². The lowest BCUT2D eigenvalue weighted by Gasteiger charge is -2.17. The smallest absolute Gasteiger partial charge is 0.185 e. The molecule has 0 amide bonds. The highest BCUT2D eigenvalue weighted by Gasteiger charge is 2.21. The summed E-state index contributed by atoms with van der Waals surface area (Å²) in [5.74, 6) is 0.795. The summed E-state index contributed by atoms with van der Waals surface area (Å²) in [6.45, 7) is 0. The van der Waals surface area contributed by atoms with Crippen LogP contribution in [0.2, 0.25) is 0 Å². The summed E-state index contributed by atoms with van der Waals surface area (Å²) in [7, 11) is 2.98. The fourth-order valence-electron chi connectivity index (χ4n) is 3.17. The van der Waals surface area contributed by atoms with E-state index in [0.717, 1.165) is 12.0 Å². The highest BCUT2D eigenvalue weighted by molar-refractivity contribution is 6.14. The Kier molecular flexibility index (Phi) is 5.50. The number of carbonyl (C=O) groups excluding carboxylic acids is 1. The Morgan fingerprint density at radius 1 is 0.926 bits per heavy atom. The maximum absolute atomic E-state index is 12.9. The van der Waals surface area contributed by atoms with E-state index in [1.807, 2.05) is 6.08 Å². The van der Waals surface area contributed by atoms with Crippen molar-refractivity contribution in [2.24, 2.45) is 0 Å². The molecule has 0 atom stereocenters. The van der Waals surface area contributed by atoms with Gasteiger partial charge in [0.25, 0.3) is 0 Å². The normalized spacial score (nSPS) is 17.3. The van der Waals surface area contributed by atoms with Crippen molar-refractivity contribution in [1.82, 2.24) is 0 Å². The second kappa shape index (κ2) is 7.99. The molecule has 0 saturated heterocycles. The van der Waals surface area contributed by atoms with Crippen molar-refractivity contribution in [2.75, 3.05) is 14.2 Å². The van der Waals surface area contributed by atoms with Gasteiger partial charge in [-0.25, -0.2) is 0 Å². The lowest BCUT2D eigenvalue weighted by Crippen LogP contribution is -2.12. The summed E-state index contributed by atoms with van der Waals surface area (Å²) in [6, 6.07) is 10.2. The predicted octanol–water partition coefficient (Wildman–Crippen LogP) is 4.34. The van der Waals surface area contributed by atoms with Gasteiger partial charge in [0.2, 0.25) is 0 Å². The minimum absolute atomic E-state index is 0.0275. The molecule has 5 heteroatoms. The summed E-state index contributed by atoms with van der Waals surface area (Å²) in [4.78, 5) is 12.9. The van der Waals surface area contributed by atoms with Gasteiger partial charge in [0.1, 0.15) is 0 Å². The largest absolute Gasteiger partial charge is 0.504 e. The molecule has 1 saturated carbocycles. The quantitative estimate of drug-likeness (QED) is 0.788. The zero-order valence-electron chi connectivity index (χ0n) is 15.4. The van der Waals surface area contributed by atoms with Gasteiger partial charge in [-0.3, -0.25) is 4.79 Å². The zero-order valence-corrected chi connectivity index (χ0v) is 15.4. The van der Waals surface area contributed by atoms with Crippen molar-refractivity contribution in [3.05, 3.63) is 58.7 Å². The highest BCUT2D eigenvalue weighted by Crippen LogP contribution is 2.34. The molecule has 0 bridgehead atoms. The SMILES string of the molecule is COc1cc(/C=C2\CCC/C(=C\c3cccc(OC)c3O)C2=O)ccc1O. The van der Waals surface area contributed by atoms with Crippen LogP contribution in [0.5, 0.6) is 23.0 Å². The number of phenolic OH excluding ortho intramolecular Hbond substituents is 2.